The third-order valence-electron chi connectivity index (χ3n) is 1.54. The van der Waals surface area contributed by atoms with Crippen molar-refractivity contribution >= 4 is 20.8 Å². The summed E-state index contributed by atoms with van der Waals surface area (Å²) < 4.78 is 33.2. The average molecular weight is 176 g/mol. The molecule has 0 saturated carbocycles. The van der Waals surface area contributed by atoms with Crippen molar-refractivity contribution in [2.24, 2.45) is 0 Å². The van der Waals surface area contributed by atoms with Crippen molar-refractivity contribution in [3.8, 4) is 0 Å². The highest BCUT2D eigenvalue weighted by atomic mass is 32.2. The molecule has 0 radical (unpaired) electrons. The highest BCUT2D eigenvalue weighted by Gasteiger charge is 2.56. The third-order valence-corrected chi connectivity index (χ3v) is 4.56. The van der Waals surface area contributed by atoms with E-state index in [1.807, 2.05) is 0 Å². The predicted molar refractivity (Wildman–Crippen MR) is 29.5 cm³/mol. The highest BCUT2D eigenvalue weighted by Crippen LogP contribution is 2.48. The van der Waals surface area contributed by atoms with Crippen LogP contribution in [0.25, 0.3) is 0 Å². The maximum Gasteiger partial charge on any atom is 0.304 e. The Morgan fingerprint density at radius 1 is 1.50 bits per heavy atom. The quantitative estimate of drug-likeness (QED) is 0.408. The minimum absolute atomic E-state index is 0.0147. The van der Waals surface area contributed by atoms with Crippen LogP contribution in [0.15, 0.2) is 14.9 Å². The summed E-state index contributed by atoms with van der Waals surface area (Å²) in [5.74, 6) is 0. The van der Waals surface area contributed by atoms with Crippen LogP contribution in [-0.2, 0) is 20.8 Å². The second kappa shape index (κ2) is 0.978. The lowest BCUT2D eigenvalue weighted by atomic mass is 10.8. The van der Waals surface area contributed by atoms with Gasteiger partial charge in [-0.3, -0.25) is 0 Å². The summed E-state index contributed by atoms with van der Waals surface area (Å²) in [6, 6.07) is 0. The van der Waals surface area contributed by atoms with Gasteiger partial charge in [-0.05, 0) is 0 Å². The van der Waals surface area contributed by atoms with Gasteiger partial charge in [-0.2, -0.15) is 8.42 Å². The van der Waals surface area contributed by atoms with Gasteiger partial charge in [-0.25, -0.2) is 4.21 Å². The Balaban J connectivity index is 2.60. The van der Waals surface area contributed by atoms with E-state index in [4.69, 9.17) is 0 Å². The molecule has 3 aliphatic heterocycles. The molecule has 1 unspecified atom stereocenters. The van der Waals surface area contributed by atoms with Gasteiger partial charge in [-0.1, -0.05) is 0 Å². The lowest BCUT2D eigenvalue weighted by Crippen LogP contribution is -2.25. The molecule has 0 N–H and O–H groups in total. The van der Waals surface area contributed by atoms with Gasteiger partial charge in [0.2, 0.25) is 5.03 Å². The van der Waals surface area contributed by atoms with Crippen LogP contribution in [-0.4, -0.2) is 21.8 Å². The van der Waals surface area contributed by atoms with Crippen molar-refractivity contribution in [3.63, 3.8) is 0 Å². The third kappa shape index (κ3) is 0.262. The maximum atomic E-state index is 10.8. The van der Waals surface area contributed by atoms with Crippen LogP contribution in [0.4, 0.5) is 0 Å². The van der Waals surface area contributed by atoms with Crippen LogP contribution in [0.3, 0.4) is 0 Å². The van der Waals surface area contributed by atoms with Gasteiger partial charge < -0.3 is 0 Å². The monoisotopic (exact) mass is 176 g/mol. The van der Waals surface area contributed by atoms with Gasteiger partial charge in [0.15, 0.2) is 5.03 Å². The summed E-state index contributed by atoms with van der Waals surface area (Å²) in [7, 11) is -4.38. The average Bonchev–Trinajstić information content (AvgIpc) is 2.28. The molecule has 0 aliphatic carbocycles. The first kappa shape index (κ1) is 5.03. The normalized spacial score (nSPS) is 29.0. The highest BCUT2D eigenvalue weighted by molar-refractivity contribution is 7.97. The molecule has 0 amide bonds. The fourth-order valence-electron chi connectivity index (χ4n) is 1.01. The van der Waals surface area contributed by atoms with E-state index in [-0.39, 0.29) is 5.03 Å². The largest absolute Gasteiger partial charge is 0.304 e. The fourth-order valence-corrected chi connectivity index (χ4v) is 4.16. The molecule has 7 heteroatoms. The summed E-state index contributed by atoms with van der Waals surface area (Å²) >= 11 is 0. The minimum Gasteiger partial charge on any atom is -0.247 e. The summed E-state index contributed by atoms with van der Waals surface area (Å²) in [4.78, 5) is 0.417. The molecule has 1 aromatic heterocycles. The first-order chi connectivity index (χ1) is 4.64. The number of hydrogen-bond acceptors (Lipinski definition) is 4. The Bertz CT molecular complexity index is 448. The van der Waals surface area contributed by atoms with Gasteiger partial charge in [0.05, 0.1) is 0 Å². The lowest BCUT2D eigenvalue weighted by molar-refractivity contribution is 0.545. The molecule has 1 aromatic rings. The molecule has 3 aliphatic rings. The molecule has 0 aromatic carbocycles. The topological polar surface area (TPSA) is 69.0 Å². The smallest absolute Gasteiger partial charge is 0.247 e. The van der Waals surface area contributed by atoms with E-state index in [1.54, 1.807) is 0 Å². The Labute approximate surface area is 58.2 Å². The summed E-state index contributed by atoms with van der Waals surface area (Å²) in [6.07, 6.45) is 0. The number of rotatable bonds is 0. The zero-order valence-corrected chi connectivity index (χ0v) is 6.07. The van der Waals surface area contributed by atoms with Crippen molar-refractivity contribution in [2.45, 2.75) is 14.9 Å². The molecular weight excluding hydrogens is 176 g/mol. The zero-order chi connectivity index (χ0) is 7.09. The SMILES string of the molecule is O=S1c2c3nn(c21)S3(=O)=O. The maximum absolute atomic E-state index is 10.8. The second-order valence-corrected chi connectivity index (χ2v) is 5.07. The van der Waals surface area contributed by atoms with Crippen LogP contribution < -0.4 is 0 Å². The first-order valence-corrected chi connectivity index (χ1v) is 5.03. The summed E-state index contributed by atoms with van der Waals surface area (Å²) in [5, 5.41) is 3.95. The molecule has 0 spiro atoms. The van der Waals surface area contributed by atoms with Gasteiger partial charge >= 0.3 is 10.0 Å². The van der Waals surface area contributed by atoms with Crippen molar-refractivity contribution in [1.82, 2.24) is 9.19 Å². The van der Waals surface area contributed by atoms with Gasteiger partial charge in [0.1, 0.15) is 15.7 Å². The molecule has 1 atom stereocenters. The number of hydrogen-bond donors (Lipinski definition) is 0. The van der Waals surface area contributed by atoms with Crippen LogP contribution in [0.5, 0.6) is 0 Å². The molecule has 10 heavy (non-hydrogen) atoms. The van der Waals surface area contributed by atoms with Gasteiger partial charge in [0, 0.05) is 0 Å². The Kier molecular flexibility index (Phi) is 0.491. The molecule has 4 rings (SSSR count). The lowest BCUT2D eigenvalue weighted by Gasteiger charge is -2.08. The molecule has 52 valence electrons. The Morgan fingerprint density at radius 3 is 2.50 bits per heavy atom. The second-order valence-electron chi connectivity index (χ2n) is 2.06. The van der Waals surface area contributed by atoms with Gasteiger partial charge in [0.25, 0.3) is 0 Å². The van der Waals surface area contributed by atoms with E-state index in [0.717, 1.165) is 4.09 Å². The zero-order valence-electron chi connectivity index (χ0n) is 4.44. The molecule has 2 bridgehead atoms. The molecule has 4 heterocycles. The van der Waals surface area contributed by atoms with E-state index in [1.165, 1.54) is 0 Å². The fraction of sp³-hybridized carbons (Fsp3) is 0. The van der Waals surface area contributed by atoms with E-state index < -0.39 is 20.8 Å². The predicted octanol–water partition coefficient (Wildman–Crippen LogP) is -1.09. The van der Waals surface area contributed by atoms with Crippen molar-refractivity contribution < 1.29 is 12.6 Å². The van der Waals surface area contributed by atoms with Gasteiger partial charge in [-0.15, -0.1) is 9.19 Å². The standard InChI is InChI=1S/C3N2O3S2/c6-9-1-2-4-5(3(1)9)10(2,7)8. The van der Waals surface area contributed by atoms with E-state index in [2.05, 4.69) is 5.10 Å². The Morgan fingerprint density at radius 2 is 2.20 bits per heavy atom. The van der Waals surface area contributed by atoms with Crippen molar-refractivity contribution in [2.75, 3.05) is 0 Å². The van der Waals surface area contributed by atoms with E-state index >= 15 is 0 Å². The van der Waals surface area contributed by atoms with Crippen molar-refractivity contribution in [1.29, 1.82) is 0 Å². The molecule has 0 saturated heterocycles. The Hall–Kier alpha value is -0.690. The van der Waals surface area contributed by atoms with E-state index in [9.17, 15) is 12.6 Å². The summed E-state index contributed by atoms with van der Waals surface area (Å²) in [5.41, 5.74) is 0. The van der Waals surface area contributed by atoms with Crippen LogP contribution in [0, 0.1) is 0 Å². The molecule has 5 nitrogen and oxygen atoms in total. The van der Waals surface area contributed by atoms with Crippen LogP contribution >= 0.6 is 0 Å². The first-order valence-electron chi connectivity index (χ1n) is 2.44. The van der Waals surface area contributed by atoms with Crippen LogP contribution in [0.1, 0.15) is 0 Å². The summed E-state index contributed by atoms with van der Waals surface area (Å²) in [6.45, 7) is 0. The van der Waals surface area contributed by atoms with Crippen LogP contribution in [0.2, 0.25) is 0 Å². The number of aromatic nitrogens is 2. The molecular formula is C3N2O3S2. The van der Waals surface area contributed by atoms with Crippen molar-refractivity contribution in [3.05, 3.63) is 0 Å². The minimum atomic E-state index is -3.24. The van der Waals surface area contributed by atoms with E-state index in [0.29, 0.717) is 9.92 Å². The molecule has 0 fully saturated rings. The number of nitrogens with zero attached hydrogens (tertiary/aromatic N) is 2.